The molecule has 1 atom stereocenters. The molecular formula is C32H34ClFN4O6S. The van der Waals surface area contributed by atoms with E-state index in [1.54, 1.807) is 31.2 Å². The van der Waals surface area contributed by atoms with Gasteiger partial charge in [0.05, 0.1) is 34.5 Å². The van der Waals surface area contributed by atoms with Gasteiger partial charge in [0, 0.05) is 38.1 Å². The van der Waals surface area contributed by atoms with Crippen LogP contribution in [0.25, 0.3) is 11.0 Å². The molecule has 1 aromatic heterocycles. The number of benzene rings is 3. The van der Waals surface area contributed by atoms with E-state index in [0.29, 0.717) is 39.9 Å². The molecule has 0 aliphatic carbocycles. The first-order valence-corrected chi connectivity index (χ1v) is 16.6. The average Bonchev–Trinajstić information content (AvgIpc) is 3.52. The lowest BCUT2D eigenvalue weighted by Crippen LogP contribution is -2.34. The number of ether oxygens (including phenoxy) is 2. The van der Waals surface area contributed by atoms with Crippen LogP contribution in [-0.4, -0.2) is 71.2 Å². The van der Waals surface area contributed by atoms with Gasteiger partial charge in [-0.3, -0.25) is 4.90 Å². The molecule has 238 valence electrons. The molecule has 6 rings (SSSR count). The van der Waals surface area contributed by atoms with Gasteiger partial charge >= 0.3 is 5.97 Å². The van der Waals surface area contributed by atoms with Crippen molar-refractivity contribution in [2.45, 2.75) is 44.6 Å². The number of halogens is 2. The smallest absolute Gasteiger partial charge is 0.335 e. The van der Waals surface area contributed by atoms with Crippen molar-refractivity contribution in [3.63, 3.8) is 0 Å². The lowest BCUT2D eigenvalue weighted by Gasteiger charge is -2.32. The van der Waals surface area contributed by atoms with Gasteiger partial charge in [-0.1, -0.05) is 23.7 Å². The molecule has 0 bridgehead atoms. The van der Waals surface area contributed by atoms with Crippen LogP contribution in [0.15, 0.2) is 54.6 Å². The molecule has 0 saturated carbocycles. The minimum absolute atomic E-state index is 0.114. The van der Waals surface area contributed by atoms with Crippen molar-refractivity contribution in [2.24, 2.45) is 0 Å². The van der Waals surface area contributed by atoms with Gasteiger partial charge in [0.15, 0.2) is 11.5 Å². The van der Waals surface area contributed by atoms with Crippen molar-refractivity contribution < 1.29 is 32.2 Å². The van der Waals surface area contributed by atoms with Crippen LogP contribution in [0, 0.1) is 5.82 Å². The number of carbonyl (C=O) groups is 1. The number of imidazole rings is 1. The average molecular weight is 657 g/mol. The molecule has 45 heavy (non-hydrogen) atoms. The predicted octanol–water partition coefficient (Wildman–Crippen LogP) is 5.44. The number of likely N-dealkylation sites (tertiary alicyclic amines) is 1. The Kier molecular flexibility index (Phi) is 8.27. The zero-order valence-corrected chi connectivity index (χ0v) is 26.7. The summed E-state index contributed by atoms with van der Waals surface area (Å²) in [5.74, 6) is -0.991. The summed E-state index contributed by atoms with van der Waals surface area (Å²) < 4.78 is 55.5. The van der Waals surface area contributed by atoms with Gasteiger partial charge in [-0.25, -0.2) is 26.9 Å². The Morgan fingerprint density at radius 1 is 1.13 bits per heavy atom. The zero-order chi connectivity index (χ0) is 32.1. The Morgan fingerprint density at radius 2 is 1.89 bits per heavy atom. The van der Waals surface area contributed by atoms with E-state index in [4.69, 9.17) is 26.1 Å². The normalized spacial score (nSPS) is 19.1. The van der Waals surface area contributed by atoms with Crippen LogP contribution in [0.4, 0.5) is 4.39 Å². The summed E-state index contributed by atoms with van der Waals surface area (Å²) in [5, 5.41) is 9.84. The van der Waals surface area contributed by atoms with Gasteiger partial charge in [-0.05, 0) is 74.3 Å². The van der Waals surface area contributed by atoms with E-state index in [0.717, 1.165) is 31.5 Å². The second-order valence-electron chi connectivity index (χ2n) is 11.8. The summed E-state index contributed by atoms with van der Waals surface area (Å²) in [6.45, 7) is 3.81. The monoisotopic (exact) mass is 656 g/mol. The van der Waals surface area contributed by atoms with Crippen LogP contribution >= 0.6 is 11.6 Å². The highest BCUT2D eigenvalue weighted by Crippen LogP contribution is 2.49. The molecule has 3 heterocycles. The maximum atomic E-state index is 14.8. The van der Waals surface area contributed by atoms with E-state index in [-0.39, 0.29) is 29.3 Å². The maximum Gasteiger partial charge on any atom is 0.335 e. The summed E-state index contributed by atoms with van der Waals surface area (Å²) in [5.41, 5.74) is 2.59. The number of aromatic carboxylic acids is 1. The number of aryl methyl sites for hydroxylation is 1. The first-order valence-electron chi connectivity index (χ1n) is 14.7. The van der Waals surface area contributed by atoms with Crippen molar-refractivity contribution in [1.82, 2.24) is 18.8 Å². The van der Waals surface area contributed by atoms with E-state index in [9.17, 15) is 22.7 Å². The van der Waals surface area contributed by atoms with Crippen LogP contribution in [0.3, 0.4) is 0 Å². The molecule has 0 radical (unpaired) electrons. The van der Waals surface area contributed by atoms with E-state index < -0.39 is 27.6 Å². The Morgan fingerprint density at radius 3 is 2.58 bits per heavy atom. The minimum atomic E-state index is -3.49. The second kappa shape index (κ2) is 11.9. The van der Waals surface area contributed by atoms with E-state index in [2.05, 4.69) is 4.90 Å². The highest BCUT2D eigenvalue weighted by molar-refractivity contribution is 7.89. The van der Waals surface area contributed by atoms with Crippen molar-refractivity contribution in [3.05, 3.63) is 88.0 Å². The lowest BCUT2D eigenvalue weighted by atomic mass is 9.88. The number of sulfonamides is 1. The fourth-order valence-electron chi connectivity index (χ4n) is 6.10. The molecule has 2 aliphatic heterocycles. The van der Waals surface area contributed by atoms with E-state index >= 15 is 0 Å². The first kappa shape index (κ1) is 31.3. The molecule has 2 aliphatic rings. The first-order chi connectivity index (χ1) is 21.3. The van der Waals surface area contributed by atoms with Crippen molar-refractivity contribution in [3.8, 4) is 11.5 Å². The number of fused-ring (bicyclic) bond motifs is 2. The third-order valence-corrected chi connectivity index (χ3v) is 10.7. The Bertz CT molecular complexity index is 1890. The van der Waals surface area contributed by atoms with Gasteiger partial charge in [0.1, 0.15) is 11.6 Å². The standard InChI is InChI=1S/C32H34ClFN4O6S/c1-32(24-9-8-22(33)18-25(24)34)43-28-6-4-5-23(30(28)44-32)20-11-13-37(14-12-20)19-29-35-26-10-7-21(31(39)40)17-27(26)38(29)15-16-45(41,42)36(2)3/h4-10,17-18,20H,11-16,19H2,1-3H3,(H,39,40). The molecule has 0 amide bonds. The summed E-state index contributed by atoms with van der Waals surface area (Å²) in [6, 6.07) is 14.9. The highest BCUT2D eigenvalue weighted by atomic mass is 35.5. The van der Waals surface area contributed by atoms with Crippen molar-refractivity contribution in [1.29, 1.82) is 0 Å². The van der Waals surface area contributed by atoms with Crippen LogP contribution < -0.4 is 9.47 Å². The summed E-state index contributed by atoms with van der Waals surface area (Å²) in [6.07, 6.45) is 1.65. The Hall–Kier alpha value is -3.71. The Balaban J connectivity index is 1.19. The van der Waals surface area contributed by atoms with Crippen LogP contribution in [0.2, 0.25) is 5.02 Å². The van der Waals surface area contributed by atoms with E-state index in [1.807, 2.05) is 22.8 Å². The number of rotatable bonds is 9. The molecule has 4 aromatic rings. The van der Waals surface area contributed by atoms with Crippen LogP contribution in [-0.2, 0) is 28.9 Å². The number of hydrogen-bond acceptors (Lipinski definition) is 7. The Labute approximate surface area is 266 Å². The van der Waals surface area contributed by atoms with Gasteiger partial charge in [0.25, 0.3) is 5.79 Å². The lowest BCUT2D eigenvalue weighted by molar-refractivity contribution is -0.0712. The molecular weight excluding hydrogens is 623 g/mol. The summed E-state index contributed by atoms with van der Waals surface area (Å²) in [7, 11) is -0.505. The summed E-state index contributed by atoms with van der Waals surface area (Å²) in [4.78, 5) is 18.7. The topological polar surface area (TPSA) is 114 Å². The molecule has 1 N–H and O–H groups in total. The molecule has 1 fully saturated rings. The van der Waals surface area contributed by atoms with Crippen LogP contribution in [0.1, 0.15) is 53.0 Å². The molecule has 1 saturated heterocycles. The van der Waals surface area contributed by atoms with Crippen molar-refractivity contribution in [2.75, 3.05) is 32.9 Å². The fourth-order valence-corrected chi connectivity index (χ4v) is 7.04. The van der Waals surface area contributed by atoms with Gasteiger partial charge in [-0.2, -0.15) is 0 Å². The largest absolute Gasteiger partial charge is 0.478 e. The summed E-state index contributed by atoms with van der Waals surface area (Å²) >= 11 is 5.96. The van der Waals surface area contributed by atoms with Crippen molar-refractivity contribution >= 4 is 38.6 Å². The van der Waals surface area contributed by atoms with Gasteiger partial charge in [-0.15, -0.1) is 0 Å². The predicted molar refractivity (Wildman–Crippen MR) is 168 cm³/mol. The molecule has 3 aromatic carbocycles. The number of hydrogen-bond donors (Lipinski definition) is 1. The maximum absolute atomic E-state index is 14.8. The number of piperidine rings is 1. The third kappa shape index (κ3) is 6.11. The molecule has 10 nitrogen and oxygen atoms in total. The molecule has 13 heteroatoms. The van der Waals surface area contributed by atoms with Gasteiger partial charge in [0.2, 0.25) is 10.0 Å². The van der Waals surface area contributed by atoms with Crippen LogP contribution in [0.5, 0.6) is 11.5 Å². The third-order valence-electron chi connectivity index (χ3n) is 8.63. The SMILES string of the molecule is CN(C)S(=O)(=O)CCn1c(CN2CCC(c3cccc4c3OC(C)(c3ccc(Cl)cc3F)O4)CC2)nc2ccc(C(=O)O)cc21. The second-order valence-corrected chi connectivity index (χ2v) is 14.5. The fraction of sp³-hybridized carbons (Fsp3) is 0.375. The number of carboxylic acid groups (broad SMARTS) is 1. The number of aromatic nitrogens is 2. The highest BCUT2D eigenvalue weighted by Gasteiger charge is 2.43. The quantitative estimate of drug-likeness (QED) is 0.253. The molecule has 1 unspecified atom stereocenters. The minimum Gasteiger partial charge on any atom is -0.478 e. The zero-order valence-electron chi connectivity index (χ0n) is 25.2. The molecule has 0 spiro atoms. The van der Waals surface area contributed by atoms with Gasteiger partial charge < -0.3 is 19.1 Å². The van der Waals surface area contributed by atoms with E-state index in [1.165, 1.54) is 30.5 Å². The number of carboxylic acids is 1. The number of nitrogens with zero attached hydrogens (tertiary/aromatic N) is 4. The number of para-hydroxylation sites is 1.